The zero-order valence-corrected chi connectivity index (χ0v) is 15.4. The maximum atomic E-state index is 13.0. The van der Waals surface area contributed by atoms with E-state index in [1.165, 1.54) is 19.3 Å². The molecule has 3 heterocycles. The fraction of sp³-hybridized carbons (Fsp3) is 0.700. The topological polar surface area (TPSA) is 66.4 Å². The minimum Gasteiger partial charge on any atom is -0.338 e. The fourth-order valence-electron chi connectivity index (χ4n) is 5.14. The lowest BCUT2D eigenvalue weighted by atomic mass is 9.79. The molecule has 4 aliphatic rings. The Kier molecular flexibility index (Phi) is 3.59. The molecule has 0 unspecified atom stereocenters. The van der Waals surface area contributed by atoms with E-state index in [2.05, 4.69) is 9.88 Å². The number of nitrogens with zero attached hydrogens (tertiary/aromatic N) is 4. The Morgan fingerprint density at radius 1 is 1.23 bits per heavy atom. The van der Waals surface area contributed by atoms with Crippen molar-refractivity contribution in [2.75, 3.05) is 13.1 Å². The SMILES string of the molecule is CC(=O)N1CCc2nc([C@H]3CCCN3C(=O)[C@@H]3CC34CCC4)ncc2C1. The molecule has 6 heteroatoms. The van der Waals surface area contributed by atoms with E-state index in [0.717, 1.165) is 55.9 Å². The zero-order valence-electron chi connectivity index (χ0n) is 15.4. The number of rotatable bonds is 2. The lowest BCUT2D eigenvalue weighted by Gasteiger charge is -2.30. The molecule has 26 heavy (non-hydrogen) atoms. The summed E-state index contributed by atoms with van der Waals surface area (Å²) in [4.78, 5) is 38.0. The first kappa shape index (κ1) is 16.2. The number of aromatic nitrogens is 2. The van der Waals surface area contributed by atoms with Crippen LogP contribution in [0.15, 0.2) is 6.20 Å². The predicted octanol–water partition coefficient (Wildman–Crippen LogP) is 2.23. The van der Waals surface area contributed by atoms with Gasteiger partial charge in [-0.25, -0.2) is 9.97 Å². The van der Waals surface area contributed by atoms with Gasteiger partial charge in [-0.1, -0.05) is 6.42 Å². The molecule has 3 fully saturated rings. The summed E-state index contributed by atoms with van der Waals surface area (Å²) < 4.78 is 0. The van der Waals surface area contributed by atoms with E-state index < -0.39 is 0 Å². The molecule has 1 aromatic heterocycles. The molecule has 2 atom stereocenters. The number of hydrogen-bond acceptors (Lipinski definition) is 4. The van der Waals surface area contributed by atoms with E-state index >= 15 is 0 Å². The molecule has 2 saturated carbocycles. The highest BCUT2D eigenvalue weighted by Crippen LogP contribution is 2.66. The Balaban J connectivity index is 1.34. The predicted molar refractivity (Wildman–Crippen MR) is 94.9 cm³/mol. The lowest BCUT2D eigenvalue weighted by molar-refractivity contribution is -0.135. The van der Waals surface area contributed by atoms with E-state index in [0.29, 0.717) is 17.9 Å². The molecular weight excluding hydrogens is 328 g/mol. The second-order valence-electron chi connectivity index (χ2n) is 8.55. The van der Waals surface area contributed by atoms with Gasteiger partial charge in [-0.15, -0.1) is 0 Å². The number of carbonyl (C=O) groups is 2. The third-order valence-electron chi connectivity index (χ3n) is 7.07. The van der Waals surface area contributed by atoms with Crippen molar-refractivity contribution in [1.82, 2.24) is 19.8 Å². The van der Waals surface area contributed by atoms with Crippen molar-refractivity contribution in [2.24, 2.45) is 11.3 Å². The monoisotopic (exact) mass is 354 g/mol. The van der Waals surface area contributed by atoms with Gasteiger partial charge in [0.2, 0.25) is 11.8 Å². The molecule has 0 bridgehead atoms. The summed E-state index contributed by atoms with van der Waals surface area (Å²) in [5.74, 6) is 1.51. The van der Waals surface area contributed by atoms with Crippen LogP contribution in [0.25, 0.3) is 0 Å². The number of fused-ring (bicyclic) bond motifs is 1. The van der Waals surface area contributed by atoms with E-state index in [4.69, 9.17) is 4.98 Å². The Bertz CT molecular complexity index is 773. The molecule has 2 aliphatic heterocycles. The average molecular weight is 354 g/mol. The van der Waals surface area contributed by atoms with Gasteiger partial charge in [-0.05, 0) is 37.5 Å². The van der Waals surface area contributed by atoms with E-state index in [1.54, 1.807) is 6.92 Å². The number of carbonyl (C=O) groups excluding carboxylic acids is 2. The van der Waals surface area contributed by atoms with Crippen molar-refractivity contribution in [2.45, 2.75) is 64.5 Å². The van der Waals surface area contributed by atoms with E-state index in [-0.39, 0.29) is 17.9 Å². The zero-order chi connectivity index (χ0) is 17.9. The van der Waals surface area contributed by atoms with E-state index in [1.807, 2.05) is 11.1 Å². The van der Waals surface area contributed by atoms with Gasteiger partial charge in [-0.3, -0.25) is 9.59 Å². The molecule has 1 saturated heterocycles. The molecule has 0 N–H and O–H groups in total. The van der Waals surface area contributed by atoms with Crippen LogP contribution < -0.4 is 0 Å². The van der Waals surface area contributed by atoms with Crippen LogP contribution in [0.3, 0.4) is 0 Å². The summed E-state index contributed by atoms with van der Waals surface area (Å²) in [5, 5.41) is 0. The minimum atomic E-state index is 0.0383. The first-order chi connectivity index (χ1) is 12.6. The van der Waals surface area contributed by atoms with Crippen LogP contribution in [0.1, 0.15) is 68.6 Å². The van der Waals surface area contributed by atoms with Gasteiger partial charge in [0.05, 0.1) is 11.7 Å². The largest absolute Gasteiger partial charge is 0.338 e. The Morgan fingerprint density at radius 3 is 2.77 bits per heavy atom. The van der Waals surface area contributed by atoms with Crippen LogP contribution in [-0.4, -0.2) is 44.7 Å². The van der Waals surface area contributed by atoms with Crippen molar-refractivity contribution in [3.63, 3.8) is 0 Å². The molecule has 0 radical (unpaired) electrons. The van der Waals surface area contributed by atoms with Crippen LogP contribution in [0, 0.1) is 11.3 Å². The molecule has 2 amide bonds. The Labute approximate surface area is 154 Å². The summed E-state index contributed by atoms with van der Waals surface area (Å²) >= 11 is 0. The van der Waals surface area contributed by atoms with Gasteiger partial charge in [0.25, 0.3) is 0 Å². The summed E-state index contributed by atoms with van der Waals surface area (Å²) in [7, 11) is 0. The quantitative estimate of drug-likeness (QED) is 0.817. The first-order valence-electron chi connectivity index (χ1n) is 9.98. The van der Waals surface area contributed by atoms with Crippen molar-refractivity contribution >= 4 is 11.8 Å². The van der Waals surface area contributed by atoms with Crippen LogP contribution in [0.4, 0.5) is 0 Å². The van der Waals surface area contributed by atoms with Crippen molar-refractivity contribution in [3.05, 3.63) is 23.3 Å². The van der Waals surface area contributed by atoms with Gasteiger partial charge in [0.15, 0.2) is 5.82 Å². The van der Waals surface area contributed by atoms with Crippen molar-refractivity contribution in [3.8, 4) is 0 Å². The van der Waals surface area contributed by atoms with Gasteiger partial charge in [0, 0.05) is 50.7 Å². The molecular formula is C20H26N4O2. The smallest absolute Gasteiger partial charge is 0.226 e. The second-order valence-corrected chi connectivity index (χ2v) is 8.55. The Morgan fingerprint density at radius 2 is 2.08 bits per heavy atom. The summed E-state index contributed by atoms with van der Waals surface area (Å²) in [5.41, 5.74) is 2.47. The Hall–Kier alpha value is -1.98. The van der Waals surface area contributed by atoms with Gasteiger partial charge in [-0.2, -0.15) is 0 Å². The summed E-state index contributed by atoms with van der Waals surface area (Å²) in [6.45, 7) is 3.77. The molecule has 138 valence electrons. The van der Waals surface area contributed by atoms with Crippen LogP contribution in [0.5, 0.6) is 0 Å². The fourth-order valence-corrected chi connectivity index (χ4v) is 5.14. The van der Waals surface area contributed by atoms with Crippen LogP contribution in [0.2, 0.25) is 0 Å². The molecule has 1 aromatic rings. The standard InChI is InChI=1S/C20H26N4O2/c1-13(25)23-9-5-16-14(12-23)11-21-18(22-16)17-4-2-8-24(17)19(26)15-10-20(15)6-3-7-20/h11,15,17H,2-10,12H2,1H3/t15-,17+/m0/s1. The maximum Gasteiger partial charge on any atom is 0.226 e. The van der Waals surface area contributed by atoms with Crippen molar-refractivity contribution in [1.29, 1.82) is 0 Å². The molecule has 2 aliphatic carbocycles. The summed E-state index contributed by atoms with van der Waals surface area (Å²) in [6.07, 6.45) is 9.51. The highest BCUT2D eigenvalue weighted by atomic mass is 16.2. The number of amides is 2. The molecule has 6 nitrogen and oxygen atoms in total. The summed E-state index contributed by atoms with van der Waals surface area (Å²) in [6, 6.07) is 0.0383. The highest BCUT2D eigenvalue weighted by molar-refractivity contribution is 5.83. The number of likely N-dealkylation sites (tertiary alicyclic amines) is 1. The maximum absolute atomic E-state index is 13.0. The van der Waals surface area contributed by atoms with Gasteiger partial charge < -0.3 is 9.80 Å². The third kappa shape index (κ3) is 2.45. The second kappa shape index (κ2) is 5.76. The van der Waals surface area contributed by atoms with Crippen LogP contribution in [-0.2, 0) is 22.6 Å². The molecule has 0 aromatic carbocycles. The van der Waals surface area contributed by atoms with Gasteiger partial charge in [0.1, 0.15) is 0 Å². The average Bonchev–Trinajstić information content (AvgIpc) is 3.22. The van der Waals surface area contributed by atoms with Crippen LogP contribution >= 0.6 is 0 Å². The van der Waals surface area contributed by atoms with Gasteiger partial charge >= 0.3 is 0 Å². The molecule has 5 rings (SSSR count). The van der Waals surface area contributed by atoms with E-state index in [9.17, 15) is 9.59 Å². The highest BCUT2D eigenvalue weighted by Gasteiger charge is 2.62. The minimum absolute atomic E-state index is 0.0383. The number of hydrogen-bond donors (Lipinski definition) is 0. The lowest BCUT2D eigenvalue weighted by Crippen LogP contribution is -2.37. The first-order valence-corrected chi connectivity index (χ1v) is 9.98. The normalized spacial score (nSPS) is 28.7. The van der Waals surface area contributed by atoms with Crippen molar-refractivity contribution < 1.29 is 9.59 Å². The molecule has 1 spiro atoms. The third-order valence-corrected chi connectivity index (χ3v) is 7.07.